The maximum absolute atomic E-state index is 14.6. The van der Waals surface area contributed by atoms with Gasteiger partial charge < -0.3 is 51.7 Å². The van der Waals surface area contributed by atoms with Gasteiger partial charge in [-0.15, -0.1) is 0 Å². The number of carbonyl (C=O) groups excluding carboxylic acids is 7. The minimum Gasteiger partial charge on any atom is -0.508 e. The number of hydrogen-bond donors (Lipinski definition) is 8. The van der Waals surface area contributed by atoms with Gasteiger partial charge in [-0.1, -0.05) is 50.2 Å². The molecule has 7 amide bonds. The van der Waals surface area contributed by atoms with E-state index in [0.29, 0.717) is 36.0 Å². The van der Waals surface area contributed by atoms with E-state index in [2.05, 4.69) is 26.6 Å². The van der Waals surface area contributed by atoms with Crippen molar-refractivity contribution in [1.29, 1.82) is 0 Å². The van der Waals surface area contributed by atoms with Crippen LogP contribution >= 0.6 is 0 Å². The Morgan fingerprint density at radius 2 is 0.934 bits per heavy atom. The highest BCUT2D eigenvalue weighted by molar-refractivity contribution is 5.98. The van der Waals surface area contributed by atoms with Crippen LogP contribution in [-0.2, 0) is 52.8 Å². The molecular formula is C44H53N7O10. The maximum atomic E-state index is 14.6. The van der Waals surface area contributed by atoms with Crippen molar-refractivity contribution in [3.8, 4) is 17.2 Å². The smallest absolute Gasteiger partial charge is 0.246 e. The average molecular weight is 840 g/mol. The number of phenolic OH excluding ortho intramolecular Hbond substituents is 3. The summed E-state index contributed by atoms with van der Waals surface area (Å²) in [4.78, 5) is 101. The highest BCUT2D eigenvalue weighted by atomic mass is 16.3. The highest BCUT2D eigenvalue weighted by Crippen LogP contribution is 2.24. The maximum Gasteiger partial charge on any atom is 0.246 e. The largest absolute Gasteiger partial charge is 0.508 e. The zero-order valence-electron chi connectivity index (χ0n) is 34.1. The Labute approximate surface area is 353 Å². The molecule has 0 bridgehead atoms. The molecule has 3 aliphatic heterocycles. The summed E-state index contributed by atoms with van der Waals surface area (Å²) < 4.78 is 0. The van der Waals surface area contributed by atoms with Crippen molar-refractivity contribution in [2.45, 2.75) is 95.0 Å². The summed E-state index contributed by atoms with van der Waals surface area (Å²) in [6, 6.07) is 11.2. The predicted molar refractivity (Wildman–Crippen MR) is 220 cm³/mol. The molecule has 6 atom stereocenters. The third-order valence-electron chi connectivity index (χ3n) is 11.4. The molecule has 0 saturated carbocycles. The lowest BCUT2D eigenvalue weighted by atomic mass is 10.00. The summed E-state index contributed by atoms with van der Waals surface area (Å²) in [5.41, 5.74) is 1.67. The second-order valence-electron chi connectivity index (χ2n) is 16.2. The van der Waals surface area contributed by atoms with Gasteiger partial charge in [0.25, 0.3) is 0 Å². The third kappa shape index (κ3) is 11.1. The Bertz CT molecular complexity index is 2090. The molecule has 3 aromatic carbocycles. The van der Waals surface area contributed by atoms with Crippen LogP contribution in [0.15, 0.2) is 72.8 Å². The number of carbonyl (C=O) groups is 7. The molecule has 3 aliphatic rings. The molecule has 3 heterocycles. The summed E-state index contributed by atoms with van der Waals surface area (Å²) in [6.07, 6.45) is 1.33. The van der Waals surface area contributed by atoms with Crippen molar-refractivity contribution in [1.82, 2.24) is 36.4 Å². The lowest BCUT2D eigenvalue weighted by molar-refractivity contribution is -0.145. The number of nitrogens with zero attached hydrogens (tertiary/aromatic N) is 2. The van der Waals surface area contributed by atoms with E-state index in [1.807, 2.05) is 0 Å². The number of rotatable bonds is 7. The van der Waals surface area contributed by atoms with E-state index < -0.39 is 90.1 Å². The molecule has 8 N–H and O–H groups in total. The Balaban J connectivity index is 1.39. The van der Waals surface area contributed by atoms with Gasteiger partial charge in [-0.05, 0) is 84.7 Å². The van der Waals surface area contributed by atoms with Crippen LogP contribution < -0.4 is 26.6 Å². The summed E-state index contributed by atoms with van der Waals surface area (Å²) in [6.45, 7) is 3.41. The Hall–Kier alpha value is -6.65. The fourth-order valence-electron chi connectivity index (χ4n) is 8.04. The Morgan fingerprint density at radius 3 is 1.41 bits per heavy atom. The van der Waals surface area contributed by atoms with Crippen LogP contribution in [0.5, 0.6) is 17.2 Å². The normalized spacial score (nSPS) is 24.8. The van der Waals surface area contributed by atoms with Crippen LogP contribution in [0.25, 0.3) is 0 Å². The SMILES string of the molecule is CC(C)C1NC(=O)C2CCCN2C(=O)C(Cc2ccc(O)cc2)NC(=O)C(Cc2ccc(O)cc2)NC(=O)C(Cc2ccc(O)cc2)NC(=O)CNC(=O)C2CCCN2C1=O. The molecule has 6 unspecified atom stereocenters. The topological polar surface area (TPSA) is 247 Å². The predicted octanol–water partition coefficient (Wildman–Crippen LogP) is 0.538. The molecule has 17 heteroatoms. The molecule has 0 aromatic heterocycles. The number of benzene rings is 3. The monoisotopic (exact) mass is 839 g/mol. The van der Waals surface area contributed by atoms with Gasteiger partial charge in [0.15, 0.2) is 0 Å². The standard InChI is InChI=1S/C44H53N7O10/c1-25(2)38-44(61)51-20-3-5-35(51)41(58)45-24-37(55)46-32(21-26-7-13-29(52)14-8-26)39(56)47-33(22-27-9-15-30(53)16-10-27)40(57)48-34(23-28-11-17-31(54)18-12-28)43(60)50-19-4-6-36(50)42(59)49-38/h7-18,25,32-36,38,52-54H,3-6,19-24H2,1-2H3,(H,45,58)(H,46,55)(H,47,56)(H,48,57)(H,49,59). The van der Waals surface area contributed by atoms with Gasteiger partial charge in [0, 0.05) is 32.4 Å². The summed E-state index contributed by atoms with van der Waals surface area (Å²) >= 11 is 0. The fourth-order valence-corrected chi connectivity index (χ4v) is 8.04. The van der Waals surface area contributed by atoms with Crippen LogP contribution in [0.3, 0.4) is 0 Å². The quantitative estimate of drug-likeness (QED) is 0.164. The first-order valence-corrected chi connectivity index (χ1v) is 20.6. The first kappa shape index (κ1) is 43.9. The molecule has 324 valence electrons. The molecule has 3 aromatic rings. The summed E-state index contributed by atoms with van der Waals surface area (Å²) in [5.74, 6) is -4.94. The number of amides is 7. The van der Waals surface area contributed by atoms with Gasteiger partial charge in [-0.25, -0.2) is 0 Å². The lowest BCUT2D eigenvalue weighted by Crippen LogP contribution is -2.60. The molecule has 0 spiro atoms. The zero-order valence-corrected chi connectivity index (χ0v) is 34.1. The molecule has 3 saturated heterocycles. The van der Waals surface area contributed by atoms with Crippen molar-refractivity contribution in [2.24, 2.45) is 5.92 Å². The molecule has 3 fully saturated rings. The average Bonchev–Trinajstić information content (AvgIpc) is 3.94. The van der Waals surface area contributed by atoms with Gasteiger partial charge in [-0.3, -0.25) is 33.6 Å². The van der Waals surface area contributed by atoms with E-state index in [1.54, 1.807) is 50.2 Å². The van der Waals surface area contributed by atoms with E-state index in [0.717, 1.165) is 0 Å². The van der Waals surface area contributed by atoms with E-state index in [-0.39, 0.29) is 56.0 Å². The van der Waals surface area contributed by atoms with E-state index >= 15 is 0 Å². The zero-order chi connectivity index (χ0) is 43.8. The number of hydrogen-bond acceptors (Lipinski definition) is 10. The van der Waals surface area contributed by atoms with E-state index in [9.17, 15) is 48.9 Å². The third-order valence-corrected chi connectivity index (χ3v) is 11.4. The van der Waals surface area contributed by atoms with Gasteiger partial charge in [0.2, 0.25) is 41.4 Å². The molecule has 61 heavy (non-hydrogen) atoms. The Kier molecular flexibility index (Phi) is 14.1. The van der Waals surface area contributed by atoms with Crippen molar-refractivity contribution in [2.75, 3.05) is 19.6 Å². The number of nitrogens with one attached hydrogen (secondary N) is 5. The van der Waals surface area contributed by atoms with Crippen LogP contribution in [-0.4, -0.2) is 122 Å². The number of aromatic hydroxyl groups is 3. The lowest BCUT2D eigenvalue weighted by Gasteiger charge is -2.33. The van der Waals surface area contributed by atoms with E-state index in [1.165, 1.54) is 46.2 Å². The minimum atomic E-state index is -1.34. The van der Waals surface area contributed by atoms with Gasteiger partial charge in [-0.2, -0.15) is 0 Å². The molecule has 17 nitrogen and oxygen atoms in total. The molecule has 0 radical (unpaired) electrons. The van der Waals surface area contributed by atoms with Crippen LogP contribution in [0.2, 0.25) is 0 Å². The van der Waals surface area contributed by atoms with Gasteiger partial charge in [0.1, 0.15) is 53.5 Å². The summed E-state index contributed by atoms with van der Waals surface area (Å²) in [7, 11) is 0. The van der Waals surface area contributed by atoms with Crippen LogP contribution in [0.4, 0.5) is 0 Å². The fraction of sp³-hybridized carbons (Fsp3) is 0.432. The van der Waals surface area contributed by atoms with Crippen LogP contribution in [0.1, 0.15) is 56.2 Å². The molecule has 6 rings (SSSR count). The van der Waals surface area contributed by atoms with Crippen molar-refractivity contribution in [3.05, 3.63) is 89.5 Å². The number of phenols is 3. The van der Waals surface area contributed by atoms with Crippen LogP contribution in [0, 0.1) is 5.92 Å². The number of fused-ring (bicyclic) bond motifs is 2. The first-order chi connectivity index (χ1) is 29.2. The Morgan fingerprint density at radius 1 is 0.525 bits per heavy atom. The minimum absolute atomic E-state index is 0.0115. The molecular weight excluding hydrogens is 787 g/mol. The van der Waals surface area contributed by atoms with Crippen molar-refractivity contribution < 1.29 is 48.9 Å². The summed E-state index contributed by atoms with van der Waals surface area (Å²) in [5, 5.41) is 43.5. The molecule has 0 aliphatic carbocycles. The first-order valence-electron chi connectivity index (χ1n) is 20.6. The van der Waals surface area contributed by atoms with Crippen molar-refractivity contribution >= 4 is 41.4 Å². The van der Waals surface area contributed by atoms with E-state index in [4.69, 9.17) is 0 Å². The van der Waals surface area contributed by atoms with Gasteiger partial charge in [0.05, 0.1) is 6.54 Å². The van der Waals surface area contributed by atoms with Crippen molar-refractivity contribution in [3.63, 3.8) is 0 Å². The van der Waals surface area contributed by atoms with Gasteiger partial charge >= 0.3 is 0 Å². The highest BCUT2D eigenvalue weighted by Gasteiger charge is 2.43. The second kappa shape index (κ2) is 19.6. The second-order valence-corrected chi connectivity index (χ2v) is 16.2.